The van der Waals surface area contributed by atoms with E-state index in [9.17, 15) is 4.79 Å². The molecule has 0 heterocycles. The predicted octanol–water partition coefficient (Wildman–Crippen LogP) is 6.95. The van der Waals surface area contributed by atoms with Crippen LogP contribution < -0.4 is 14.2 Å². The fourth-order valence-corrected chi connectivity index (χ4v) is 3.74. The van der Waals surface area contributed by atoms with Gasteiger partial charge in [0.2, 0.25) is 0 Å². The molecule has 4 heteroatoms. The van der Waals surface area contributed by atoms with E-state index in [1.807, 2.05) is 38.1 Å². The van der Waals surface area contributed by atoms with Crippen molar-refractivity contribution < 1.29 is 19.0 Å². The average Bonchev–Trinajstić information content (AvgIpc) is 2.67. The highest BCUT2D eigenvalue weighted by molar-refractivity contribution is 5.96. The van der Waals surface area contributed by atoms with Gasteiger partial charge in [-0.15, -0.1) is 0 Å². The molecule has 0 saturated carbocycles. The maximum atomic E-state index is 13.7. The van der Waals surface area contributed by atoms with E-state index in [0.29, 0.717) is 23.5 Å². The highest BCUT2D eigenvalue weighted by Crippen LogP contribution is 2.43. The minimum atomic E-state index is -0.428. The Bertz CT molecular complexity index is 982. The molecule has 174 valence electrons. The van der Waals surface area contributed by atoms with Crippen LogP contribution in [0.25, 0.3) is 0 Å². The van der Waals surface area contributed by atoms with Crippen molar-refractivity contribution in [3.8, 4) is 17.2 Å². The predicted molar refractivity (Wildman–Crippen MR) is 132 cm³/mol. The lowest BCUT2D eigenvalue weighted by molar-refractivity contribution is 0.0724. The van der Waals surface area contributed by atoms with E-state index < -0.39 is 5.97 Å². The first-order valence-electron chi connectivity index (χ1n) is 11.0. The number of methoxy groups -OCH3 is 2. The van der Waals surface area contributed by atoms with E-state index in [4.69, 9.17) is 14.2 Å². The number of aryl methyl sites for hydroxylation is 1. The standard InChI is InChI=1S/C28H38O4/c1-17(2)14-20-18(3)12-13-23(31-11)24(20)26(29)32-25-21(27(4,5)6)15-19(30-10)16-22(25)28(7,8)9/h12-13,15-16H,1,14H2,2-11H3. The van der Waals surface area contributed by atoms with Gasteiger partial charge in [0.05, 0.1) is 14.2 Å². The second-order valence-corrected chi connectivity index (χ2v) is 10.5. The molecule has 0 atom stereocenters. The number of rotatable bonds is 6. The van der Waals surface area contributed by atoms with E-state index in [1.54, 1.807) is 14.2 Å². The van der Waals surface area contributed by atoms with Crippen molar-refractivity contribution in [2.75, 3.05) is 14.2 Å². The van der Waals surface area contributed by atoms with Crippen LogP contribution in [0.2, 0.25) is 0 Å². The van der Waals surface area contributed by atoms with Crippen LogP contribution in [0.3, 0.4) is 0 Å². The van der Waals surface area contributed by atoms with Crippen molar-refractivity contribution >= 4 is 5.97 Å². The van der Waals surface area contributed by atoms with Gasteiger partial charge in [0, 0.05) is 11.1 Å². The third-order valence-electron chi connectivity index (χ3n) is 5.52. The van der Waals surface area contributed by atoms with Gasteiger partial charge in [-0.1, -0.05) is 59.8 Å². The Kier molecular flexibility index (Phi) is 7.49. The molecule has 32 heavy (non-hydrogen) atoms. The van der Waals surface area contributed by atoms with Gasteiger partial charge in [0.1, 0.15) is 22.8 Å². The Hall–Kier alpha value is -2.75. The molecule has 0 radical (unpaired) electrons. The number of carbonyl (C=O) groups is 1. The summed E-state index contributed by atoms with van der Waals surface area (Å²) in [5.41, 5.74) is 4.61. The summed E-state index contributed by atoms with van der Waals surface area (Å²) in [5.74, 6) is 1.40. The van der Waals surface area contributed by atoms with Gasteiger partial charge in [-0.25, -0.2) is 4.79 Å². The molecule has 2 aromatic rings. The van der Waals surface area contributed by atoms with Gasteiger partial charge in [-0.2, -0.15) is 0 Å². The van der Waals surface area contributed by atoms with Crippen molar-refractivity contribution in [2.24, 2.45) is 0 Å². The third kappa shape index (κ3) is 5.53. The zero-order valence-corrected chi connectivity index (χ0v) is 21.4. The summed E-state index contributed by atoms with van der Waals surface area (Å²) in [6.45, 7) is 20.6. The Labute approximate surface area is 193 Å². The molecule has 2 aromatic carbocycles. The minimum absolute atomic E-state index is 0.263. The summed E-state index contributed by atoms with van der Waals surface area (Å²) in [4.78, 5) is 13.7. The number of hydrogen-bond donors (Lipinski definition) is 0. The highest BCUT2D eigenvalue weighted by atomic mass is 16.5. The van der Waals surface area contributed by atoms with Crippen LogP contribution in [0.1, 0.15) is 81.1 Å². The lowest BCUT2D eigenvalue weighted by atomic mass is 9.79. The van der Waals surface area contributed by atoms with Crippen molar-refractivity contribution in [3.63, 3.8) is 0 Å². The molecule has 0 aromatic heterocycles. The number of benzene rings is 2. The van der Waals surface area contributed by atoms with Crippen LogP contribution in [0.5, 0.6) is 17.2 Å². The molecule has 4 nitrogen and oxygen atoms in total. The van der Waals surface area contributed by atoms with Gasteiger partial charge in [0.25, 0.3) is 0 Å². The molecule has 0 amide bonds. The van der Waals surface area contributed by atoms with Crippen LogP contribution in [-0.4, -0.2) is 20.2 Å². The largest absolute Gasteiger partial charge is 0.497 e. The Morgan fingerprint density at radius 1 is 0.938 bits per heavy atom. The third-order valence-corrected chi connectivity index (χ3v) is 5.52. The zero-order chi connectivity index (χ0) is 24.4. The second-order valence-electron chi connectivity index (χ2n) is 10.5. The van der Waals surface area contributed by atoms with Crippen LogP contribution >= 0.6 is 0 Å². The SMILES string of the molecule is C=C(C)Cc1c(C)ccc(OC)c1C(=O)Oc1c(C(C)(C)C)cc(OC)cc1C(C)(C)C. The lowest BCUT2D eigenvalue weighted by Crippen LogP contribution is -2.23. The molecule has 0 fully saturated rings. The molecule has 0 N–H and O–H groups in total. The fraction of sp³-hybridized carbons (Fsp3) is 0.464. The van der Waals surface area contributed by atoms with E-state index in [1.165, 1.54) is 0 Å². The Morgan fingerprint density at radius 3 is 1.88 bits per heavy atom. The van der Waals surface area contributed by atoms with Crippen LogP contribution in [0.4, 0.5) is 0 Å². The van der Waals surface area contributed by atoms with Crippen LogP contribution in [0.15, 0.2) is 36.4 Å². The van der Waals surface area contributed by atoms with Gasteiger partial charge >= 0.3 is 5.97 Å². The number of allylic oxidation sites excluding steroid dienone is 1. The number of hydrogen-bond acceptors (Lipinski definition) is 4. The van der Waals surface area contributed by atoms with Crippen LogP contribution in [-0.2, 0) is 17.3 Å². The van der Waals surface area contributed by atoms with E-state index in [0.717, 1.165) is 33.6 Å². The average molecular weight is 439 g/mol. The summed E-state index contributed by atoms with van der Waals surface area (Å²) in [6.07, 6.45) is 0.578. The normalized spacial score (nSPS) is 11.8. The van der Waals surface area contributed by atoms with E-state index in [-0.39, 0.29) is 10.8 Å². The molecule has 0 unspecified atom stereocenters. The summed E-state index contributed by atoms with van der Waals surface area (Å²) < 4.78 is 17.4. The summed E-state index contributed by atoms with van der Waals surface area (Å²) in [6, 6.07) is 7.69. The first-order valence-corrected chi connectivity index (χ1v) is 11.0. The van der Waals surface area contributed by atoms with Gasteiger partial charge < -0.3 is 14.2 Å². The molecule has 0 aliphatic carbocycles. The van der Waals surface area contributed by atoms with Crippen molar-refractivity contribution in [1.29, 1.82) is 0 Å². The molecule has 0 aliphatic heterocycles. The first-order chi connectivity index (χ1) is 14.7. The molecule has 0 aliphatic rings. The smallest absolute Gasteiger partial charge is 0.347 e. The molecular formula is C28H38O4. The molecule has 2 rings (SSSR count). The lowest BCUT2D eigenvalue weighted by Gasteiger charge is -2.30. The molecular weight excluding hydrogens is 400 g/mol. The maximum absolute atomic E-state index is 13.7. The van der Waals surface area contributed by atoms with Crippen LogP contribution in [0, 0.1) is 6.92 Å². The highest BCUT2D eigenvalue weighted by Gasteiger charge is 2.31. The quantitative estimate of drug-likeness (QED) is 0.278. The van der Waals surface area contributed by atoms with Gasteiger partial charge in [0.15, 0.2) is 0 Å². The number of ether oxygens (including phenoxy) is 3. The molecule has 0 bridgehead atoms. The Balaban J connectivity index is 2.76. The molecule has 0 saturated heterocycles. The summed E-state index contributed by atoms with van der Waals surface area (Å²) in [7, 11) is 3.22. The molecule has 0 spiro atoms. The summed E-state index contributed by atoms with van der Waals surface area (Å²) in [5, 5.41) is 0. The first kappa shape index (κ1) is 25.5. The van der Waals surface area contributed by atoms with Crippen molar-refractivity contribution in [1.82, 2.24) is 0 Å². The van der Waals surface area contributed by atoms with Gasteiger partial charge in [-0.3, -0.25) is 0 Å². The van der Waals surface area contributed by atoms with Crippen molar-refractivity contribution in [2.45, 2.75) is 72.6 Å². The van der Waals surface area contributed by atoms with Gasteiger partial charge in [-0.05, 0) is 60.4 Å². The number of esters is 1. The van der Waals surface area contributed by atoms with E-state index in [2.05, 4.69) is 48.1 Å². The van der Waals surface area contributed by atoms with E-state index >= 15 is 0 Å². The monoisotopic (exact) mass is 438 g/mol. The summed E-state index contributed by atoms with van der Waals surface area (Å²) >= 11 is 0. The number of carbonyl (C=O) groups excluding carboxylic acids is 1. The Morgan fingerprint density at radius 2 is 1.47 bits per heavy atom. The maximum Gasteiger partial charge on any atom is 0.347 e. The fourth-order valence-electron chi connectivity index (χ4n) is 3.74. The minimum Gasteiger partial charge on any atom is -0.497 e. The second kappa shape index (κ2) is 9.40. The zero-order valence-electron chi connectivity index (χ0n) is 21.4. The topological polar surface area (TPSA) is 44.8 Å². The van der Waals surface area contributed by atoms with Crippen molar-refractivity contribution in [3.05, 3.63) is 64.2 Å².